The standard InChI is InChI=1S/C19H31NO/c1-4-18-10-5-6-11-19(18)21-14-17-9-7-8-16(12-17)13-20-15(2)3/h7-9,12,15,18-20H,4-6,10-11,13-14H2,1-3H3. The minimum Gasteiger partial charge on any atom is -0.373 e. The number of hydrogen-bond acceptors (Lipinski definition) is 2. The lowest BCUT2D eigenvalue weighted by Crippen LogP contribution is -2.27. The van der Waals surface area contributed by atoms with Crippen molar-refractivity contribution < 1.29 is 4.74 Å². The Balaban J connectivity index is 1.86. The van der Waals surface area contributed by atoms with Gasteiger partial charge in [0.05, 0.1) is 12.7 Å². The van der Waals surface area contributed by atoms with Crippen LogP contribution in [0.15, 0.2) is 24.3 Å². The van der Waals surface area contributed by atoms with E-state index in [1.54, 1.807) is 0 Å². The maximum atomic E-state index is 6.23. The predicted molar refractivity (Wildman–Crippen MR) is 89.2 cm³/mol. The molecule has 2 unspecified atom stereocenters. The van der Waals surface area contributed by atoms with Crippen LogP contribution in [0.5, 0.6) is 0 Å². The van der Waals surface area contributed by atoms with Crippen molar-refractivity contribution in [2.75, 3.05) is 0 Å². The van der Waals surface area contributed by atoms with Crippen LogP contribution in [0, 0.1) is 5.92 Å². The third-order valence-electron chi connectivity index (χ3n) is 4.53. The first kappa shape index (κ1) is 16.5. The lowest BCUT2D eigenvalue weighted by Gasteiger charge is -2.30. The monoisotopic (exact) mass is 289 g/mol. The Morgan fingerprint density at radius 1 is 1.19 bits per heavy atom. The maximum Gasteiger partial charge on any atom is 0.0720 e. The molecule has 1 aliphatic carbocycles. The van der Waals surface area contributed by atoms with Gasteiger partial charge in [0, 0.05) is 12.6 Å². The zero-order chi connectivity index (χ0) is 15.1. The highest BCUT2D eigenvalue weighted by atomic mass is 16.5. The Morgan fingerprint density at radius 3 is 2.71 bits per heavy atom. The molecule has 2 nitrogen and oxygen atoms in total. The summed E-state index contributed by atoms with van der Waals surface area (Å²) in [4.78, 5) is 0. The number of benzene rings is 1. The van der Waals surface area contributed by atoms with E-state index in [1.165, 1.54) is 43.2 Å². The average molecular weight is 289 g/mol. The first-order chi connectivity index (χ1) is 10.2. The minimum atomic E-state index is 0.473. The van der Waals surface area contributed by atoms with E-state index in [1.807, 2.05) is 0 Å². The molecule has 0 aromatic heterocycles. The zero-order valence-corrected chi connectivity index (χ0v) is 13.9. The first-order valence-corrected chi connectivity index (χ1v) is 8.61. The van der Waals surface area contributed by atoms with Gasteiger partial charge in [0.15, 0.2) is 0 Å². The van der Waals surface area contributed by atoms with Crippen LogP contribution in [0.2, 0.25) is 0 Å². The van der Waals surface area contributed by atoms with Crippen LogP contribution < -0.4 is 5.32 Å². The van der Waals surface area contributed by atoms with Gasteiger partial charge in [-0.1, -0.05) is 64.3 Å². The van der Waals surface area contributed by atoms with Crippen molar-refractivity contribution in [1.82, 2.24) is 5.32 Å². The Labute approximate surface area is 130 Å². The molecule has 0 spiro atoms. The van der Waals surface area contributed by atoms with Crippen LogP contribution in [-0.4, -0.2) is 12.1 Å². The van der Waals surface area contributed by atoms with Crippen LogP contribution in [0.4, 0.5) is 0 Å². The van der Waals surface area contributed by atoms with E-state index in [0.29, 0.717) is 12.1 Å². The smallest absolute Gasteiger partial charge is 0.0720 e. The van der Waals surface area contributed by atoms with Gasteiger partial charge in [-0.15, -0.1) is 0 Å². The molecule has 0 heterocycles. The number of ether oxygens (including phenoxy) is 1. The van der Waals surface area contributed by atoms with E-state index < -0.39 is 0 Å². The molecule has 2 rings (SSSR count). The molecule has 2 atom stereocenters. The molecule has 0 bridgehead atoms. The Hall–Kier alpha value is -0.860. The lowest BCUT2D eigenvalue weighted by molar-refractivity contribution is -0.0222. The summed E-state index contributed by atoms with van der Waals surface area (Å²) in [6, 6.07) is 9.32. The highest BCUT2D eigenvalue weighted by Gasteiger charge is 2.24. The Morgan fingerprint density at radius 2 is 1.95 bits per heavy atom. The fourth-order valence-electron chi connectivity index (χ4n) is 3.21. The summed E-state index contributed by atoms with van der Waals surface area (Å²) in [5.41, 5.74) is 2.65. The van der Waals surface area contributed by atoms with E-state index in [9.17, 15) is 0 Å². The molecule has 0 saturated heterocycles. The van der Waals surface area contributed by atoms with Crippen LogP contribution in [-0.2, 0) is 17.9 Å². The largest absolute Gasteiger partial charge is 0.373 e. The quantitative estimate of drug-likeness (QED) is 0.787. The molecule has 1 fully saturated rings. The molecule has 1 aromatic carbocycles. The predicted octanol–water partition coefficient (Wildman–Crippen LogP) is 4.67. The molecular weight excluding hydrogens is 258 g/mol. The summed E-state index contributed by atoms with van der Waals surface area (Å²) >= 11 is 0. The summed E-state index contributed by atoms with van der Waals surface area (Å²) in [6.45, 7) is 8.36. The maximum absolute atomic E-state index is 6.23. The van der Waals surface area contributed by atoms with Gasteiger partial charge in [0.2, 0.25) is 0 Å². The van der Waals surface area contributed by atoms with Crippen LogP contribution >= 0.6 is 0 Å². The normalized spacial score (nSPS) is 22.7. The SMILES string of the molecule is CCC1CCCCC1OCc1cccc(CNC(C)C)c1. The zero-order valence-electron chi connectivity index (χ0n) is 13.9. The van der Waals surface area contributed by atoms with Crippen LogP contribution in [0.25, 0.3) is 0 Å². The second-order valence-electron chi connectivity index (χ2n) is 6.66. The van der Waals surface area contributed by atoms with Gasteiger partial charge in [0.1, 0.15) is 0 Å². The van der Waals surface area contributed by atoms with Crippen molar-refractivity contribution in [3.8, 4) is 0 Å². The second kappa shape index (κ2) is 8.55. The minimum absolute atomic E-state index is 0.473. The number of hydrogen-bond donors (Lipinski definition) is 1. The lowest BCUT2D eigenvalue weighted by atomic mass is 9.85. The van der Waals surface area contributed by atoms with Crippen molar-refractivity contribution in [2.45, 2.75) is 78.2 Å². The van der Waals surface area contributed by atoms with E-state index in [4.69, 9.17) is 4.74 Å². The van der Waals surface area contributed by atoms with Crippen molar-refractivity contribution in [3.63, 3.8) is 0 Å². The topological polar surface area (TPSA) is 21.3 Å². The molecule has 21 heavy (non-hydrogen) atoms. The third kappa shape index (κ3) is 5.44. The molecule has 0 amide bonds. The van der Waals surface area contributed by atoms with E-state index in [2.05, 4.69) is 50.4 Å². The molecule has 1 aromatic rings. The molecule has 118 valence electrons. The van der Waals surface area contributed by atoms with Gasteiger partial charge in [0.25, 0.3) is 0 Å². The summed E-state index contributed by atoms with van der Waals surface area (Å²) in [6.07, 6.45) is 7.03. The summed E-state index contributed by atoms with van der Waals surface area (Å²) in [5.74, 6) is 0.768. The van der Waals surface area contributed by atoms with Gasteiger partial charge in [-0.3, -0.25) is 0 Å². The molecule has 1 N–H and O–H groups in total. The van der Waals surface area contributed by atoms with E-state index in [-0.39, 0.29) is 0 Å². The van der Waals surface area contributed by atoms with Gasteiger partial charge >= 0.3 is 0 Å². The highest BCUT2D eigenvalue weighted by Crippen LogP contribution is 2.29. The summed E-state index contributed by atoms with van der Waals surface area (Å²) < 4.78 is 6.23. The van der Waals surface area contributed by atoms with E-state index >= 15 is 0 Å². The summed E-state index contributed by atoms with van der Waals surface area (Å²) in [7, 11) is 0. The molecule has 1 saturated carbocycles. The van der Waals surface area contributed by atoms with Crippen molar-refractivity contribution in [2.24, 2.45) is 5.92 Å². The molecule has 2 heteroatoms. The number of rotatable bonds is 7. The average Bonchev–Trinajstić information content (AvgIpc) is 2.51. The fourth-order valence-corrected chi connectivity index (χ4v) is 3.21. The van der Waals surface area contributed by atoms with Crippen molar-refractivity contribution in [3.05, 3.63) is 35.4 Å². The van der Waals surface area contributed by atoms with Gasteiger partial charge < -0.3 is 10.1 Å². The Bertz CT molecular complexity index is 416. The number of nitrogens with one attached hydrogen (secondary N) is 1. The second-order valence-corrected chi connectivity index (χ2v) is 6.66. The van der Waals surface area contributed by atoms with Gasteiger partial charge in [-0.2, -0.15) is 0 Å². The molecule has 0 radical (unpaired) electrons. The fraction of sp³-hybridized carbons (Fsp3) is 0.684. The molecule has 0 aliphatic heterocycles. The summed E-state index contributed by atoms with van der Waals surface area (Å²) in [5, 5.41) is 3.47. The van der Waals surface area contributed by atoms with Crippen molar-refractivity contribution >= 4 is 0 Å². The van der Waals surface area contributed by atoms with Crippen molar-refractivity contribution in [1.29, 1.82) is 0 Å². The van der Waals surface area contributed by atoms with Crippen LogP contribution in [0.3, 0.4) is 0 Å². The van der Waals surface area contributed by atoms with Crippen LogP contribution in [0.1, 0.15) is 64.0 Å². The first-order valence-electron chi connectivity index (χ1n) is 8.61. The third-order valence-corrected chi connectivity index (χ3v) is 4.53. The molecular formula is C19H31NO. The molecule has 1 aliphatic rings. The van der Waals surface area contributed by atoms with Gasteiger partial charge in [-0.05, 0) is 29.9 Å². The highest BCUT2D eigenvalue weighted by molar-refractivity contribution is 5.23. The van der Waals surface area contributed by atoms with Gasteiger partial charge in [-0.25, -0.2) is 0 Å². The Kier molecular flexibility index (Phi) is 6.72. The van der Waals surface area contributed by atoms with E-state index in [0.717, 1.165) is 19.1 Å².